The third-order valence-corrected chi connectivity index (χ3v) is 4.32. The maximum atomic E-state index is 12.4. The van der Waals surface area contributed by atoms with Gasteiger partial charge >= 0.3 is 0 Å². The summed E-state index contributed by atoms with van der Waals surface area (Å²) in [6, 6.07) is 14.1. The first-order valence-electron chi connectivity index (χ1n) is 8.49. The zero-order chi connectivity index (χ0) is 19.2. The quantitative estimate of drug-likeness (QED) is 0.623. The number of carbonyl (C=O) groups excluding carboxylic acids is 1. The fraction of sp³-hybridized carbons (Fsp3) is 0.263. The van der Waals surface area contributed by atoms with Gasteiger partial charge in [0.25, 0.3) is 5.56 Å². The molecule has 0 fully saturated rings. The topological polar surface area (TPSA) is 77.3 Å². The lowest BCUT2D eigenvalue weighted by atomic mass is 10.2. The first-order chi connectivity index (χ1) is 13.0. The summed E-state index contributed by atoms with van der Waals surface area (Å²) in [5, 5.41) is 8.99. The summed E-state index contributed by atoms with van der Waals surface area (Å²) in [5.74, 6) is 0.549. The van der Waals surface area contributed by atoms with Crippen LogP contribution >= 0.6 is 11.6 Å². The fourth-order valence-corrected chi connectivity index (χ4v) is 2.72. The number of likely N-dealkylation sites (N-methyl/N-ethyl adjacent to an activating group) is 1. The normalized spacial score (nSPS) is 10.7. The predicted molar refractivity (Wildman–Crippen MR) is 103 cm³/mol. The van der Waals surface area contributed by atoms with E-state index in [4.69, 9.17) is 16.3 Å². The highest BCUT2D eigenvalue weighted by Gasteiger charge is 2.11. The molecule has 0 unspecified atom stereocenters. The highest BCUT2D eigenvalue weighted by molar-refractivity contribution is 6.30. The van der Waals surface area contributed by atoms with Gasteiger partial charge in [0.2, 0.25) is 5.91 Å². The summed E-state index contributed by atoms with van der Waals surface area (Å²) in [5.41, 5.74) is 0.292. The molecule has 0 aliphatic rings. The van der Waals surface area contributed by atoms with E-state index in [-0.39, 0.29) is 24.4 Å². The number of rotatable bonds is 7. The van der Waals surface area contributed by atoms with Gasteiger partial charge in [-0.05, 0) is 30.3 Å². The van der Waals surface area contributed by atoms with Crippen molar-refractivity contribution in [3.05, 3.63) is 63.9 Å². The van der Waals surface area contributed by atoms with Crippen LogP contribution in [-0.2, 0) is 11.3 Å². The van der Waals surface area contributed by atoms with Gasteiger partial charge in [-0.1, -0.05) is 35.0 Å². The van der Waals surface area contributed by atoms with E-state index < -0.39 is 0 Å². The number of ether oxygens (including phenoxy) is 1. The van der Waals surface area contributed by atoms with Gasteiger partial charge < -0.3 is 9.64 Å². The molecule has 0 saturated heterocycles. The maximum absolute atomic E-state index is 12.4. The van der Waals surface area contributed by atoms with Gasteiger partial charge in [-0.15, -0.1) is 5.10 Å². The number of fused-ring (bicyclic) bond motifs is 1. The number of carbonyl (C=O) groups is 1. The Kier molecular flexibility index (Phi) is 6.03. The molecule has 0 spiro atoms. The number of hydrogen-bond acceptors (Lipinski definition) is 5. The van der Waals surface area contributed by atoms with Crippen LogP contribution in [0.15, 0.2) is 53.3 Å². The molecule has 140 valence electrons. The van der Waals surface area contributed by atoms with Crippen LogP contribution in [0, 0.1) is 0 Å². The van der Waals surface area contributed by atoms with Gasteiger partial charge in [-0.3, -0.25) is 9.59 Å². The Hall–Kier alpha value is -2.93. The first-order valence-corrected chi connectivity index (χ1v) is 8.87. The van der Waals surface area contributed by atoms with Gasteiger partial charge in [0.1, 0.15) is 17.9 Å². The van der Waals surface area contributed by atoms with Crippen LogP contribution < -0.4 is 10.3 Å². The van der Waals surface area contributed by atoms with E-state index in [9.17, 15) is 9.59 Å². The van der Waals surface area contributed by atoms with Crippen LogP contribution in [0.25, 0.3) is 10.9 Å². The average Bonchev–Trinajstić information content (AvgIpc) is 2.67. The molecule has 1 aromatic heterocycles. The highest BCUT2D eigenvalue weighted by atomic mass is 35.5. The molecule has 0 bridgehead atoms. The second kappa shape index (κ2) is 8.64. The Morgan fingerprint density at radius 2 is 2.04 bits per heavy atom. The SMILES string of the molecule is CN(CCOc1cccc(Cl)c1)C(=O)CCn1nnc2ccccc2c1=O. The Labute approximate surface area is 161 Å². The van der Waals surface area contributed by atoms with Crippen molar-refractivity contribution in [2.75, 3.05) is 20.2 Å². The largest absolute Gasteiger partial charge is 0.492 e. The Balaban J connectivity index is 1.51. The van der Waals surface area contributed by atoms with Crippen LogP contribution in [0.2, 0.25) is 5.02 Å². The van der Waals surface area contributed by atoms with E-state index in [0.29, 0.717) is 34.8 Å². The molecule has 3 aromatic rings. The summed E-state index contributed by atoms with van der Waals surface area (Å²) < 4.78 is 6.80. The second-order valence-electron chi connectivity index (χ2n) is 6.01. The Bertz CT molecular complexity index is 1010. The minimum Gasteiger partial charge on any atom is -0.492 e. The molecule has 1 heterocycles. The van der Waals surface area contributed by atoms with Gasteiger partial charge in [-0.25, -0.2) is 4.68 Å². The lowest BCUT2D eigenvalue weighted by Gasteiger charge is -2.17. The molecule has 0 saturated carbocycles. The van der Waals surface area contributed by atoms with E-state index in [2.05, 4.69) is 10.3 Å². The van der Waals surface area contributed by atoms with E-state index in [1.807, 2.05) is 0 Å². The van der Waals surface area contributed by atoms with Crippen molar-refractivity contribution in [3.8, 4) is 5.75 Å². The van der Waals surface area contributed by atoms with Gasteiger partial charge in [0, 0.05) is 18.5 Å². The molecule has 0 aliphatic carbocycles. The first kappa shape index (κ1) is 18.8. The number of hydrogen-bond donors (Lipinski definition) is 0. The van der Waals surface area contributed by atoms with Crippen molar-refractivity contribution >= 4 is 28.4 Å². The van der Waals surface area contributed by atoms with Crippen LogP contribution in [0.3, 0.4) is 0 Å². The minimum absolute atomic E-state index is 0.105. The minimum atomic E-state index is -0.250. The molecule has 0 atom stereocenters. The number of aromatic nitrogens is 3. The lowest BCUT2D eigenvalue weighted by Crippen LogP contribution is -2.33. The summed E-state index contributed by atoms with van der Waals surface area (Å²) in [6.07, 6.45) is 0.153. The predicted octanol–water partition coefficient (Wildman–Crippen LogP) is 2.37. The number of nitrogens with zero attached hydrogens (tertiary/aromatic N) is 4. The van der Waals surface area contributed by atoms with Crippen molar-refractivity contribution in [2.24, 2.45) is 0 Å². The van der Waals surface area contributed by atoms with E-state index in [0.717, 1.165) is 0 Å². The number of aryl methyl sites for hydroxylation is 1. The van der Waals surface area contributed by atoms with E-state index >= 15 is 0 Å². The second-order valence-corrected chi connectivity index (χ2v) is 6.44. The van der Waals surface area contributed by atoms with Gasteiger partial charge in [-0.2, -0.15) is 0 Å². The molecule has 27 heavy (non-hydrogen) atoms. The van der Waals surface area contributed by atoms with Crippen molar-refractivity contribution in [3.63, 3.8) is 0 Å². The van der Waals surface area contributed by atoms with Crippen molar-refractivity contribution < 1.29 is 9.53 Å². The third kappa shape index (κ3) is 4.83. The average molecular weight is 387 g/mol. The summed E-state index contributed by atoms with van der Waals surface area (Å²) >= 11 is 5.90. The maximum Gasteiger partial charge on any atom is 0.277 e. The Morgan fingerprint density at radius 3 is 2.85 bits per heavy atom. The van der Waals surface area contributed by atoms with E-state index in [1.165, 1.54) is 4.68 Å². The molecular formula is C19H19ClN4O3. The molecule has 3 rings (SSSR count). The summed E-state index contributed by atoms with van der Waals surface area (Å²) in [4.78, 5) is 26.2. The molecule has 8 heteroatoms. The molecule has 1 amide bonds. The van der Waals surface area contributed by atoms with E-state index in [1.54, 1.807) is 60.5 Å². The molecule has 0 aliphatic heterocycles. The molecule has 0 radical (unpaired) electrons. The van der Waals surface area contributed by atoms with Gasteiger partial charge in [0.15, 0.2) is 0 Å². The van der Waals surface area contributed by atoms with Crippen LogP contribution in [0.5, 0.6) is 5.75 Å². The summed E-state index contributed by atoms with van der Waals surface area (Å²) in [7, 11) is 1.69. The smallest absolute Gasteiger partial charge is 0.277 e. The van der Waals surface area contributed by atoms with Gasteiger partial charge in [0.05, 0.1) is 18.5 Å². The van der Waals surface area contributed by atoms with Crippen LogP contribution in [-0.4, -0.2) is 46.0 Å². The van der Waals surface area contributed by atoms with Crippen molar-refractivity contribution in [1.82, 2.24) is 19.9 Å². The Morgan fingerprint density at radius 1 is 1.22 bits per heavy atom. The fourth-order valence-electron chi connectivity index (χ4n) is 2.54. The molecule has 0 N–H and O–H groups in total. The molecule has 7 nitrogen and oxygen atoms in total. The third-order valence-electron chi connectivity index (χ3n) is 4.08. The number of halogens is 1. The zero-order valence-electron chi connectivity index (χ0n) is 14.8. The van der Waals surface area contributed by atoms with Crippen molar-refractivity contribution in [1.29, 1.82) is 0 Å². The standard InChI is InChI=1S/C19H19ClN4O3/c1-23(11-12-27-15-6-4-5-14(20)13-15)18(25)9-10-24-19(26)16-7-2-3-8-17(16)21-22-24/h2-8,13H,9-12H2,1H3. The molecule has 2 aromatic carbocycles. The van der Waals surface area contributed by atoms with Crippen molar-refractivity contribution in [2.45, 2.75) is 13.0 Å². The highest BCUT2D eigenvalue weighted by Crippen LogP contribution is 2.16. The molecular weight excluding hydrogens is 368 g/mol. The zero-order valence-corrected chi connectivity index (χ0v) is 15.6. The monoisotopic (exact) mass is 386 g/mol. The number of amides is 1. The number of benzene rings is 2. The summed E-state index contributed by atoms with van der Waals surface area (Å²) in [6.45, 7) is 0.941. The van der Waals surface area contributed by atoms with Crippen LogP contribution in [0.1, 0.15) is 6.42 Å². The van der Waals surface area contributed by atoms with Crippen LogP contribution in [0.4, 0.5) is 0 Å². The lowest BCUT2D eigenvalue weighted by molar-refractivity contribution is -0.130.